The average Bonchev–Trinajstić information content (AvgIpc) is 2.52. The Morgan fingerprint density at radius 1 is 1.08 bits per heavy atom. The Morgan fingerprint density at radius 2 is 1.88 bits per heavy atom. The molecule has 0 unspecified atom stereocenters. The maximum Gasteiger partial charge on any atom is 0.120 e. The van der Waals surface area contributed by atoms with Crippen LogP contribution in [-0.2, 0) is 0 Å². The highest BCUT2D eigenvalue weighted by molar-refractivity contribution is 6.31. The number of nitrogens with zero attached hydrogens (tertiary/aromatic N) is 1. The maximum atomic E-state index is 6.22. The van der Waals surface area contributed by atoms with Gasteiger partial charge in [0, 0.05) is 27.5 Å². The van der Waals surface area contributed by atoms with Crippen LogP contribution in [0, 0.1) is 13.8 Å². The van der Waals surface area contributed by atoms with Crippen LogP contribution in [0.3, 0.4) is 0 Å². The van der Waals surface area contributed by atoms with Crippen molar-refractivity contribution in [2.75, 3.05) is 11.9 Å². The Hall–Kier alpha value is -1.97. The minimum atomic E-state index is 0. The lowest BCUT2D eigenvalue weighted by atomic mass is 10.1. The molecule has 0 radical (unpaired) electrons. The number of benzene rings is 2. The molecule has 0 saturated heterocycles. The van der Waals surface area contributed by atoms with E-state index in [1.54, 1.807) is 0 Å². The Bertz CT molecular complexity index is 865. The van der Waals surface area contributed by atoms with Crippen molar-refractivity contribution < 1.29 is 17.1 Å². The van der Waals surface area contributed by atoms with Crippen LogP contribution in [0.2, 0.25) is 5.02 Å². The second kappa shape index (κ2) is 7.73. The quantitative estimate of drug-likeness (QED) is 0.775. The molecular weight excluding hydrogens is 343 g/mol. The Kier molecular flexibility index (Phi) is 5.92. The standard InChI is InChI=1S/C19H19ClN2O.ClH/c1-4-23-15-7-8-18-16(11-15)19(9-13(3)21-18)22-14-6-5-12(2)17(20)10-14;/h5-11H,4H2,1-3H3,(H,21,22);1H/p-1. The lowest BCUT2D eigenvalue weighted by Crippen LogP contribution is -3.00. The summed E-state index contributed by atoms with van der Waals surface area (Å²) in [6.07, 6.45) is 0. The Balaban J connectivity index is 0.00000208. The molecule has 0 bridgehead atoms. The number of ether oxygens (including phenoxy) is 1. The van der Waals surface area contributed by atoms with Gasteiger partial charge in [-0.05, 0) is 62.7 Å². The molecule has 5 heteroatoms. The van der Waals surface area contributed by atoms with Gasteiger partial charge in [0.25, 0.3) is 0 Å². The van der Waals surface area contributed by atoms with Crippen molar-refractivity contribution in [1.29, 1.82) is 0 Å². The number of pyridine rings is 1. The fourth-order valence-electron chi connectivity index (χ4n) is 2.52. The van der Waals surface area contributed by atoms with Crippen LogP contribution < -0.4 is 22.5 Å². The van der Waals surface area contributed by atoms with E-state index in [1.165, 1.54) is 0 Å². The van der Waals surface area contributed by atoms with Crippen LogP contribution in [0.1, 0.15) is 18.2 Å². The summed E-state index contributed by atoms with van der Waals surface area (Å²) in [6.45, 7) is 6.60. The number of anilines is 2. The third kappa shape index (κ3) is 3.92. The molecule has 126 valence electrons. The van der Waals surface area contributed by atoms with Gasteiger partial charge in [0.05, 0.1) is 12.1 Å². The summed E-state index contributed by atoms with van der Waals surface area (Å²) >= 11 is 6.22. The summed E-state index contributed by atoms with van der Waals surface area (Å²) in [4.78, 5) is 4.59. The summed E-state index contributed by atoms with van der Waals surface area (Å²) in [7, 11) is 0. The van der Waals surface area contributed by atoms with E-state index in [4.69, 9.17) is 16.3 Å². The molecule has 0 aliphatic rings. The van der Waals surface area contributed by atoms with E-state index in [9.17, 15) is 0 Å². The number of rotatable bonds is 4. The number of aryl methyl sites for hydroxylation is 2. The second-order valence-electron chi connectivity index (χ2n) is 5.51. The predicted octanol–water partition coefficient (Wildman–Crippen LogP) is 2.65. The summed E-state index contributed by atoms with van der Waals surface area (Å²) in [5.74, 6) is 0.843. The van der Waals surface area contributed by atoms with Gasteiger partial charge in [-0.1, -0.05) is 17.7 Å². The van der Waals surface area contributed by atoms with Gasteiger partial charge in [-0.3, -0.25) is 4.98 Å². The van der Waals surface area contributed by atoms with E-state index < -0.39 is 0 Å². The largest absolute Gasteiger partial charge is 1.00 e. The van der Waals surface area contributed by atoms with E-state index in [0.29, 0.717) is 6.61 Å². The zero-order valence-corrected chi connectivity index (χ0v) is 15.4. The normalized spacial score (nSPS) is 10.3. The van der Waals surface area contributed by atoms with E-state index in [0.717, 1.165) is 44.3 Å². The Labute approximate surface area is 153 Å². The topological polar surface area (TPSA) is 34.1 Å². The molecule has 24 heavy (non-hydrogen) atoms. The first-order chi connectivity index (χ1) is 11.1. The second-order valence-corrected chi connectivity index (χ2v) is 5.92. The summed E-state index contributed by atoms with van der Waals surface area (Å²) in [6, 6.07) is 14.0. The molecule has 0 saturated carbocycles. The first kappa shape index (κ1) is 18.4. The van der Waals surface area contributed by atoms with E-state index in [2.05, 4.69) is 10.3 Å². The molecule has 0 spiro atoms. The highest BCUT2D eigenvalue weighted by atomic mass is 35.5. The maximum absolute atomic E-state index is 6.22. The molecular formula is C19H19Cl2N2O-. The average molecular weight is 362 g/mol. The van der Waals surface area contributed by atoms with Gasteiger partial charge in [0.2, 0.25) is 0 Å². The fraction of sp³-hybridized carbons (Fsp3) is 0.211. The van der Waals surface area contributed by atoms with Gasteiger partial charge in [0.15, 0.2) is 0 Å². The monoisotopic (exact) mass is 361 g/mol. The zero-order chi connectivity index (χ0) is 16.4. The molecule has 1 heterocycles. The highest BCUT2D eigenvalue weighted by Crippen LogP contribution is 2.30. The third-order valence-electron chi connectivity index (χ3n) is 3.67. The van der Waals surface area contributed by atoms with Crippen LogP contribution in [0.15, 0.2) is 42.5 Å². The summed E-state index contributed by atoms with van der Waals surface area (Å²) < 4.78 is 5.61. The Morgan fingerprint density at radius 3 is 2.58 bits per heavy atom. The van der Waals surface area contributed by atoms with Crippen LogP contribution in [0.25, 0.3) is 10.9 Å². The van der Waals surface area contributed by atoms with Gasteiger partial charge >= 0.3 is 0 Å². The SMILES string of the molecule is CCOc1ccc2nc(C)cc(Nc3ccc(C)c(Cl)c3)c2c1.[Cl-]. The van der Waals surface area contributed by atoms with E-state index in [-0.39, 0.29) is 12.4 Å². The predicted molar refractivity (Wildman–Crippen MR) is 97.1 cm³/mol. The van der Waals surface area contributed by atoms with Gasteiger partial charge in [-0.2, -0.15) is 0 Å². The highest BCUT2D eigenvalue weighted by Gasteiger charge is 2.07. The summed E-state index contributed by atoms with van der Waals surface area (Å²) in [5, 5.41) is 5.22. The molecule has 0 amide bonds. The number of hydrogen-bond acceptors (Lipinski definition) is 3. The van der Waals surface area contributed by atoms with Crippen molar-refractivity contribution in [1.82, 2.24) is 4.98 Å². The van der Waals surface area contributed by atoms with Crippen LogP contribution in [0.5, 0.6) is 5.75 Å². The molecule has 0 aliphatic carbocycles. The molecule has 3 nitrogen and oxygen atoms in total. The molecule has 1 N–H and O–H groups in total. The van der Waals surface area contributed by atoms with Gasteiger partial charge < -0.3 is 22.5 Å². The van der Waals surface area contributed by atoms with Crippen molar-refractivity contribution in [3.63, 3.8) is 0 Å². The molecule has 0 atom stereocenters. The molecule has 0 aliphatic heterocycles. The van der Waals surface area contributed by atoms with Crippen LogP contribution >= 0.6 is 11.6 Å². The zero-order valence-electron chi connectivity index (χ0n) is 13.9. The minimum absolute atomic E-state index is 0. The first-order valence-corrected chi connectivity index (χ1v) is 8.02. The number of hydrogen-bond donors (Lipinski definition) is 1. The van der Waals surface area contributed by atoms with Crippen molar-refractivity contribution in [3.05, 3.63) is 58.7 Å². The van der Waals surface area contributed by atoms with Crippen molar-refractivity contribution in [2.24, 2.45) is 0 Å². The minimum Gasteiger partial charge on any atom is -1.00 e. The molecule has 0 fully saturated rings. The molecule has 3 rings (SSSR count). The fourth-order valence-corrected chi connectivity index (χ4v) is 2.70. The van der Waals surface area contributed by atoms with Crippen molar-refractivity contribution in [3.8, 4) is 5.75 Å². The molecule has 3 aromatic rings. The van der Waals surface area contributed by atoms with Gasteiger partial charge in [-0.25, -0.2) is 0 Å². The van der Waals surface area contributed by atoms with Gasteiger partial charge in [0.1, 0.15) is 5.75 Å². The third-order valence-corrected chi connectivity index (χ3v) is 4.08. The number of fused-ring (bicyclic) bond motifs is 1. The van der Waals surface area contributed by atoms with Gasteiger partial charge in [-0.15, -0.1) is 0 Å². The number of nitrogens with one attached hydrogen (secondary N) is 1. The molecule has 2 aromatic carbocycles. The smallest absolute Gasteiger partial charge is 0.120 e. The lowest BCUT2D eigenvalue weighted by molar-refractivity contribution is -0.00000530. The van der Waals surface area contributed by atoms with Crippen LogP contribution in [-0.4, -0.2) is 11.6 Å². The van der Waals surface area contributed by atoms with Crippen LogP contribution in [0.4, 0.5) is 11.4 Å². The number of aromatic nitrogens is 1. The molecule has 1 aromatic heterocycles. The van der Waals surface area contributed by atoms with E-state index >= 15 is 0 Å². The number of halogens is 2. The van der Waals surface area contributed by atoms with E-state index in [1.807, 2.05) is 63.2 Å². The lowest BCUT2D eigenvalue weighted by Gasteiger charge is -2.13. The van der Waals surface area contributed by atoms with Crippen molar-refractivity contribution in [2.45, 2.75) is 20.8 Å². The van der Waals surface area contributed by atoms with Crippen molar-refractivity contribution >= 4 is 33.9 Å². The summed E-state index contributed by atoms with van der Waals surface area (Å²) in [5.41, 5.74) is 4.91. The first-order valence-electron chi connectivity index (χ1n) is 7.64.